The summed E-state index contributed by atoms with van der Waals surface area (Å²) in [4.78, 5) is 1.01. The molecule has 0 saturated heterocycles. The molecule has 0 bridgehead atoms. The first-order valence-electron chi connectivity index (χ1n) is 2.02. The van der Waals surface area contributed by atoms with Gasteiger partial charge in [-0.05, 0) is 6.92 Å². The van der Waals surface area contributed by atoms with Crippen LogP contribution in [0.3, 0.4) is 0 Å². The zero-order chi connectivity index (χ0) is 5.28. The molecule has 1 unspecified atom stereocenters. The zero-order valence-electron chi connectivity index (χ0n) is 3.94. The largest absolute Gasteiger partial charge is 0.353 e. The van der Waals surface area contributed by atoms with E-state index in [9.17, 15) is 4.39 Å². The van der Waals surface area contributed by atoms with Crippen molar-refractivity contribution in [2.24, 2.45) is 0 Å². The highest BCUT2D eigenvalue weighted by atomic mass is 32.2. The van der Waals surface area contributed by atoms with E-state index in [0.717, 1.165) is 4.91 Å². The third kappa shape index (κ3) is 1.09. The van der Waals surface area contributed by atoms with Crippen LogP contribution in [0.25, 0.3) is 0 Å². The second-order valence-corrected chi connectivity index (χ2v) is 2.65. The maximum absolute atomic E-state index is 12.0. The first-order chi connectivity index (χ1) is 3.29. The maximum Gasteiger partial charge on any atom is 0.221 e. The van der Waals surface area contributed by atoms with Crippen LogP contribution in [0.5, 0.6) is 0 Å². The van der Waals surface area contributed by atoms with Gasteiger partial charge in [-0.1, -0.05) is 11.8 Å². The van der Waals surface area contributed by atoms with Gasteiger partial charge >= 0.3 is 0 Å². The molecule has 1 nitrogen and oxygen atoms in total. The minimum atomic E-state index is -0.903. The first kappa shape index (κ1) is 4.97. The number of halogens is 1. The summed E-state index contributed by atoms with van der Waals surface area (Å²) in [6.07, 6.45) is 1.68. The van der Waals surface area contributed by atoms with Gasteiger partial charge in [0, 0.05) is 11.1 Å². The van der Waals surface area contributed by atoms with E-state index in [-0.39, 0.29) is 0 Å². The number of hydrogen-bond donors (Lipinski definition) is 1. The molecule has 0 aromatic rings. The zero-order valence-corrected chi connectivity index (χ0v) is 4.76. The van der Waals surface area contributed by atoms with Crippen molar-refractivity contribution in [3.8, 4) is 0 Å². The second kappa shape index (κ2) is 1.74. The van der Waals surface area contributed by atoms with Gasteiger partial charge in [-0.25, -0.2) is 4.39 Å². The van der Waals surface area contributed by atoms with Gasteiger partial charge in [0.1, 0.15) is 0 Å². The Morgan fingerprint density at radius 1 is 2.00 bits per heavy atom. The number of thioether (sulfide) groups is 1. The van der Waals surface area contributed by atoms with Gasteiger partial charge in [0.25, 0.3) is 0 Å². The topological polar surface area (TPSA) is 12.0 Å². The smallest absolute Gasteiger partial charge is 0.221 e. The molecule has 40 valence electrons. The minimum absolute atomic E-state index is 0.903. The van der Waals surface area contributed by atoms with Gasteiger partial charge in [0.15, 0.2) is 0 Å². The summed E-state index contributed by atoms with van der Waals surface area (Å²) >= 11 is 1.20. The molecule has 1 rings (SSSR count). The normalized spacial score (nSPS) is 29.4. The Balaban J connectivity index is 2.42. The van der Waals surface area contributed by atoms with Crippen molar-refractivity contribution in [2.75, 3.05) is 0 Å². The van der Waals surface area contributed by atoms with Gasteiger partial charge < -0.3 is 5.32 Å². The molecule has 1 N–H and O–H groups in total. The van der Waals surface area contributed by atoms with E-state index < -0.39 is 5.63 Å². The van der Waals surface area contributed by atoms with Crippen LogP contribution < -0.4 is 5.32 Å². The molecule has 0 amide bonds. The fraction of sp³-hybridized carbons (Fsp3) is 0.500. The third-order valence-corrected chi connectivity index (χ3v) is 1.54. The monoisotopic (exact) mass is 119 g/mol. The van der Waals surface area contributed by atoms with Gasteiger partial charge in [0.2, 0.25) is 5.63 Å². The number of hydrogen-bond acceptors (Lipinski definition) is 2. The van der Waals surface area contributed by atoms with E-state index in [1.165, 1.54) is 11.8 Å². The number of alkyl halides is 1. The van der Waals surface area contributed by atoms with Crippen molar-refractivity contribution < 1.29 is 4.39 Å². The molecular weight excluding hydrogens is 113 g/mol. The summed E-state index contributed by atoms with van der Waals surface area (Å²) in [6, 6.07) is 0. The van der Waals surface area contributed by atoms with Crippen molar-refractivity contribution in [3.63, 3.8) is 0 Å². The summed E-state index contributed by atoms with van der Waals surface area (Å²) in [5.41, 5.74) is -0.903. The van der Waals surface area contributed by atoms with Gasteiger partial charge in [0.05, 0.1) is 0 Å². The number of allylic oxidation sites excluding steroid dienone is 1. The quantitative estimate of drug-likeness (QED) is 0.484. The summed E-state index contributed by atoms with van der Waals surface area (Å²) in [7, 11) is 0. The Morgan fingerprint density at radius 3 is 2.86 bits per heavy atom. The molecule has 1 aliphatic rings. The van der Waals surface area contributed by atoms with E-state index in [4.69, 9.17) is 0 Å². The molecule has 0 aliphatic carbocycles. The van der Waals surface area contributed by atoms with Crippen molar-refractivity contribution in [3.05, 3.63) is 11.1 Å². The molecule has 7 heavy (non-hydrogen) atoms. The van der Waals surface area contributed by atoms with Crippen LogP contribution in [0, 0.1) is 0 Å². The molecule has 1 heterocycles. The van der Waals surface area contributed by atoms with Crippen molar-refractivity contribution in [2.45, 2.75) is 12.6 Å². The van der Waals surface area contributed by atoms with Crippen molar-refractivity contribution in [1.82, 2.24) is 5.32 Å². The fourth-order valence-electron chi connectivity index (χ4n) is 0.414. The lowest BCUT2D eigenvalue weighted by Gasteiger charge is -1.92. The summed E-state index contributed by atoms with van der Waals surface area (Å²) < 4.78 is 12.0. The maximum atomic E-state index is 12.0. The number of rotatable bonds is 0. The minimum Gasteiger partial charge on any atom is -0.353 e. The highest BCUT2D eigenvalue weighted by molar-refractivity contribution is 8.03. The second-order valence-electron chi connectivity index (χ2n) is 1.36. The van der Waals surface area contributed by atoms with Crippen molar-refractivity contribution in [1.29, 1.82) is 0 Å². The summed E-state index contributed by atoms with van der Waals surface area (Å²) in [5, 5.41) is 2.50. The van der Waals surface area contributed by atoms with Crippen LogP contribution in [0.1, 0.15) is 6.92 Å². The highest BCUT2D eigenvalue weighted by Gasteiger charge is 2.10. The SMILES string of the molecule is CC1=CNC(F)S1. The molecule has 0 saturated carbocycles. The third-order valence-electron chi connectivity index (χ3n) is 0.707. The molecule has 1 atom stereocenters. The van der Waals surface area contributed by atoms with Crippen LogP contribution >= 0.6 is 11.8 Å². The molecule has 0 fully saturated rings. The number of nitrogens with one attached hydrogen (secondary N) is 1. The lowest BCUT2D eigenvalue weighted by atomic mass is 10.7. The Bertz CT molecular complexity index is 102. The predicted octanol–water partition coefficient (Wildman–Crippen LogP) is 1.44. The Labute approximate surface area is 46.0 Å². The molecule has 0 aromatic carbocycles. The predicted molar refractivity (Wildman–Crippen MR) is 29.4 cm³/mol. The van der Waals surface area contributed by atoms with E-state index in [0.29, 0.717) is 0 Å². The van der Waals surface area contributed by atoms with Crippen LogP contribution in [-0.4, -0.2) is 5.63 Å². The average molecular weight is 119 g/mol. The average Bonchev–Trinajstić information content (AvgIpc) is 1.87. The standard InChI is InChI=1S/C4H6FNS/c1-3-2-6-4(5)7-3/h2,4,6H,1H3. The van der Waals surface area contributed by atoms with Gasteiger partial charge in [-0.3, -0.25) is 0 Å². The Kier molecular flexibility index (Phi) is 1.23. The van der Waals surface area contributed by atoms with E-state index in [1.807, 2.05) is 6.92 Å². The van der Waals surface area contributed by atoms with Crippen LogP contribution in [0.15, 0.2) is 11.1 Å². The van der Waals surface area contributed by atoms with Gasteiger partial charge in [-0.2, -0.15) is 0 Å². The highest BCUT2D eigenvalue weighted by Crippen LogP contribution is 2.24. The Morgan fingerprint density at radius 2 is 2.71 bits per heavy atom. The van der Waals surface area contributed by atoms with Crippen LogP contribution in [0.2, 0.25) is 0 Å². The van der Waals surface area contributed by atoms with E-state index in [2.05, 4.69) is 5.32 Å². The Hall–Kier alpha value is -0.180. The lowest BCUT2D eigenvalue weighted by Crippen LogP contribution is -2.07. The van der Waals surface area contributed by atoms with E-state index >= 15 is 0 Å². The molecular formula is C4H6FNS. The molecule has 3 heteroatoms. The van der Waals surface area contributed by atoms with Crippen molar-refractivity contribution >= 4 is 11.8 Å². The molecule has 0 spiro atoms. The molecule has 0 radical (unpaired) electrons. The first-order valence-corrected chi connectivity index (χ1v) is 2.90. The van der Waals surface area contributed by atoms with Crippen LogP contribution in [-0.2, 0) is 0 Å². The molecule has 0 aromatic heterocycles. The summed E-state index contributed by atoms with van der Waals surface area (Å²) in [5.74, 6) is 0. The van der Waals surface area contributed by atoms with Gasteiger partial charge in [-0.15, -0.1) is 0 Å². The summed E-state index contributed by atoms with van der Waals surface area (Å²) in [6.45, 7) is 1.87. The molecule has 1 aliphatic heterocycles. The van der Waals surface area contributed by atoms with E-state index in [1.54, 1.807) is 6.20 Å². The van der Waals surface area contributed by atoms with Crippen LogP contribution in [0.4, 0.5) is 4.39 Å². The fourth-order valence-corrected chi connectivity index (χ4v) is 1.01. The lowest BCUT2D eigenvalue weighted by molar-refractivity contribution is 0.426.